The quantitative estimate of drug-likeness (QED) is 0.758. The highest BCUT2D eigenvalue weighted by atomic mass is 16.3. The molecule has 2 amide bonds. The van der Waals surface area contributed by atoms with Gasteiger partial charge in [0.1, 0.15) is 22.9 Å². The molecule has 0 fully saturated rings. The van der Waals surface area contributed by atoms with Gasteiger partial charge in [-0.05, 0) is 39.0 Å². The molecule has 1 aromatic carbocycles. The molecule has 0 aliphatic rings. The van der Waals surface area contributed by atoms with Gasteiger partial charge in [0, 0.05) is 10.9 Å². The van der Waals surface area contributed by atoms with E-state index in [4.69, 9.17) is 8.83 Å². The number of fused-ring (bicyclic) bond motifs is 1. The third-order valence-corrected chi connectivity index (χ3v) is 3.79. The summed E-state index contributed by atoms with van der Waals surface area (Å²) in [6.45, 7) is 6.06. The first-order chi connectivity index (χ1) is 11.0. The van der Waals surface area contributed by atoms with Crippen LogP contribution >= 0.6 is 0 Å². The monoisotopic (exact) mass is 312 g/mol. The van der Waals surface area contributed by atoms with Gasteiger partial charge in [-0.2, -0.15) is 0 Å². The third kappa shape index (κ3) is 3.39. The van der Waals surface area contributed by atoms with Crippen molar-refractivity contribution < 1.29 is 13.6 Å². The van der Waals surface area contributed by atoms with Crippen molar-refractivity contribution >= 4 is 17.0 Å². The van der Waals surface area contributed by atoms with Gasteiger partial charge in [0.2, 0.25) is 0 Å². The molecule has 0 aliphatic carbocycles. The standard InChI is InChI=1S/C18H20N2O3/c1-11-8-16(13(3)22-11)12(2)20-18(21)19-10-15-9-14-6-4-5-7-17(14)23-15/h4-9,12H,10H2,1-3H3,(H2,19,20,21). The molecule has 2 heterocycles. The zero-order chi connectivity index (χ0) is 16.4. The number of para-hydroxylation sites is 1. The van der Waals surface area contributed by atoms with Crippen LogP contribution in [-0.2, 0) is 6.54 Å². The fourth-order valence-electron chi connectivity index (χ4n) is 2.70. The maximum Gasteiger partial charge on any atom is 0.315 e. The Bertz CT molecular complexity index is 799. The molecule has 2 N–H and O–H groups in total. The van der Waals surface area contributed by atoms with E-state index in [-0.39, 0.29) is 12.1 Å². The average molecular weight is 312 g/mol. The maximum absolute atomic E-state index is 12.0. The lowest BCUT2D eigenvalue weighted by atomic mass is 10.1. The molecular weight excluding hydrogens is 292 g/mol. The lowest BCUT2D eigenvalue weighted by Gasteiger charge is -2.13. The minimum absolute atomic E-state index is 0.122. The fourth-order valence-corrected chi connectivity index (χ4v) is 2.70. The van der Waals surface area contributed by atoms with E-state index in [1.54, 1.807) is 0 Å². The van der Waals surface area contributed by atoms with Gasteiger partial charge in [-0.15, -0.1) is 0 Å². The van der Waals surface area contributed by atoms with E-state index in [9.17, 15) is 4.79 Å². The molecule has 0 spiro atoms. The second-order valence-corrected chi connectivity index (χ2v) is 5.67. The molecule has 23 heavy (non-hydrogen) atoms. The number of nitrogens with one attached hydrogen (secondary N) is 2. The fraction of sp³-hybridized carbons (Fsp3) is 0.278. The van der Waals surface area contributed by atoms with E-state index in [1.165, 1.54) is 0 Å². The van der Waals surface area contributed by atoms with Crippen molar-refractivity contribution in [3.63, 3.8) is 0 Å². The highest BCUT2D eigenvalue weighted by Gasteiger charge is 2.15. The Kier molecular flexibility index (Phi) is 4.10. The van der Waals surface area contributed by atoms with Gasteiger partial charge < -0.3 is 19.5 Å². The van der Waals surface area contributed by atoms with Crippen molar-refractivity contribution in [2.45, 2.75) is 33.4 Å². The normalized spacial score (nSPS) is 12.3. The Hall–Kier alpha value is -2.69. The Morgan fingerprint density at radius 2 is 1.96 bits per heavy atom. The zero-order valence-electron chi connectivity index (χ0n) is 13.5. The summed E-state index contributed by atoms with van der Waals surface area (Å²) >= 11 is 0. The molecule has 3 aromatic rings. The van der Waals surface area contributed by atoms with E-state index in [0.717, 1.165) is 33.8 Å². The molecular formula is C18H20N2O3. The number of urea groups is 1. The number of aryl methyl sites for hydroxylation is 2. The van der Waals surface area contributed by atoms with Crippen LogP contribution in [0.1, 0.15) is 35.8 Å². The van der Waals surface area contributed by atoms with Crippen LogP contribution in [-0.4, -0.2) is 6.03 Å². The third-order valence-electron chi connectivity index (χ3n) is 3.79. The lowest BCUT2D eigenvalue weighted by Crippen LogP contribution is -2.36. The minimum Gasteiger partial charge on any atom is -0.466 e. The Morgan fingerprint density at radius 3 is 2.65 bits per heavy atom. The molecule has 5 heteroatoms. The second-order valence-electron chi connectivity index (χ2n) is 5.67. The molecule has 1 unspecified atom stereocenters. The van der Waals surface area contributed by atoms with Crippen LogP contribution in [0.2, 0.25) is 0 Å². The van der Waals surface area contributed by atoms with Crippen LogP contribution in [0, 0.1) is 13.8 Å². The number of carbonyl (C=O) groups is 1. The van der Waals surface area contributed by atoms with Gasteiger partial charge in [0.25, 0.3) is 0 Å². The van der Waals surface area contributed by atoms with E-state index >= 15 is 0 Å². The van der Waals surface area contributed by atoms with Crippen molar-refractivity contribution in [3.8, 4) is 0 Å². The van der Waals surface area contributed by atoms with E-state index in [2.05, 4.69) is 10.6 Å². The van der Waals surface area contributed by atoms with Crippen molar-refractivity contribution in [1.29, 1.82) is 0 Å². The van der Waals surface area contributed by atoms with Crippen molar-refractivity contribution in [2.75, 3.05) is 0 Å². The molecule has 0 bridgehead atoms. The number of carbonyl (C=O) groups excluding carboxylic acids is 1. The first-order valence-corrected chi connectivity index (χ1v) is 7.61. The van der Waals surface area contributed by atoms with Crippen LogP contribution in [0.25, 0.3) is 11.0 Å². The number of amides is 2. The van der Waals surface area contributed by atoms with Crippen molar-refractivity contribution in [1.82, 2.24) is 10.6 Å². The Labute approximate surface area is 134 Å². The maximum atomic E-state index is 12.0. The summed E-state index contributed by atoms with van der Waals surface area (Å²) in [4.78, 5) is 12.0. The number of hydrogen-bond donors (Lipinski definition) is 2. The van der Waals surface area contributed by atoms with Gasteiger partial charge >= 0.3 is 6.03 Å². The van der Waals surface area contributed by atoms with Gasteiger partial charge in [0.05, 0.1) is 12.6 Å². The molecule has 1 atom stereocenters. The Balaban J connectivity index is 1.58. The molecule has 5 nitrogen and oxygen atoms in total. The summed E-state index contributed by atoms with van der Waals surface area (Å²) in [5, 5.41) is 6.75. The van der Waals surface area contributed by atoms with Gasteiger partial charge in [-0.1, -0.05) is 18.2 Å². The summed E-state index contributed by atoms with van der Waals surface area (Å²) in [5.74, 6) is 2.39. The van der Waals surface area contributed by atoms with Crippen LogP contribution in [0.5, 0.6) is 0 Å². The highest BCUT2D eigenvalue weighted by Crippen LogP contribution is 2.21. The van der Waals surface area contributed by atoms with Crippen LogP contribution in [0.3, 0.4) is 0 Å². The summed E-state index contributed by atoms with van der Waals surface area (Å²) in [5.41, 5.74) is 1.81. The number of rotatable bonds is 4. The van der Waals surface area contributed by atoms with Crippen LogP contribution in [0.4, 0.5) is 4.79 Å². The SMILES string of the molecule is Cc1cc(C(C)NC(=O)NCc2cc3ccccc3o2)c(C)o1. The van der Waals surface area contributed by atoms with Crippen molar-refractivity contribution in [2.24, 2.45) is 0 Å². The predicted octanol–water partition coefficient (Wildman–Crippen LogP) is 4.20. The minimum atomic E-state index is -0.240. The number of hydrogen-bond acceptors (Lipinski definition) is 3. The summed E-state index contributed by atoms with van der Waals surface area (Å²) < 4.78 is 11.2. The van der Waals surface area contributed by atoms with Crippen molar-refractivity contribution in [3.05, 3.63) is 59.2 Å². The lowest BCUT2D eigenvalue weighted by molar-refractivity contribution is 0.236. The highest BCUT2D eigenvalue weighted by molar-refractivity contribution is 5.78. The summed E-state index contributed by atoms with van der Waals surface area (Å²) in [6, 6.07) is 11.3. The average Bonchev–Trinajstić information content (AvgIpc) is 3.07. The Morgan fingerprint density at radius 1 is 1.17 bits per heavy atom. The van der Waals surface area contributed by atoms with Crippen LogP contribution in [0.15, 0.2) is 45.2 Å². The molecule has 3 rings (SSSR count). The van der Waals surface area contributed by atoms with E-state index in [1.807, 2.05) is 57.2 Å². The summed E-state index contributed by atoms with van der Waals surface area (Å²) in [6.07, 6.45) is 0. The van der Waals surface area contributed by atoms with E-state index in [0.29, 0.717) is 6.54 Å². The second kappa shape index (κ2) is 6.20. The predicted molar refractivity (Wildman–Crippen MR) is 88.2 cm³/mol. The van der Waals surface area contributed by atoms with Gasteiger partial charge in [-0.25, -0.2) is 4.79 Å². The summed E-state index contributed by atoms with van der Waals surface area (Å²) in [7, 11) is 0. The zero-order valence-corrected chi connectivity index (χ0v) is 13.5. The van der Waals surface area contributed by atoms with Crippen LogP contribution < -0.4 is 10.6 Å². The molecule has 120 valence electrons. The molecule has 0 radical (unpaired) electrons. The topological polar surface area (TPSA) is 67.4 Å². The largest absolute Gasteiger partial charge is 0.466 e. The molecule has 0 saturated carbocycles. The van der Waals surface area contributed by atoms with Gasteiger partial charge in [-0.3, -0.25) is 0 Å². The first kappa shape index (κ1) is 15.2. The smallest absolute Gasteiger partial charge is 0.315 e. The molecule has 0 aliphatic heterocycles. The number of furan rings is 2. The molecule has 2 aromatic heterocycles. The molecule has 0 saturated heterocycles. The number of benzene rings is 1. The van der Waals surface area contributed by atoms with Gasteiger partial charge in [0.15, 0.2) is 0 Å². The first-order valence-electron chi connectivity index (χ1n) is 7.61. The van der Waals surface area contributed by atoms with E-state index < -0.39 is 0 Å².